The third-order valence-corrected chi connectivity index (χ3v) is 7.21. The van der Waals surface area contributed by atoms with Crippen LogP contribution in [0.1, 0.15) is 60.0 Å². The largest absolute Gasteiger partial charge is 0.355 e. The van der Waals surface area contributed by atoms with Crippen LogP contribution in [-0.2, 0) is 21.5 Å². The Kier molecular flexibility index (Phi) is 7.03. The average Bonchev–Trinajstić information content (AvgIpc) is 3.53. The molecule has 174 valence electrons. The van der Waals surface area contributed by atoms with E-state index >= 15 is 0 Å². The fourth-order valence-electron chi connectivity index (χ4n) is 5.20. The number of likely N-dealkylation sites (tertiary alicyclic amines) is 1. The lowest BCUT2D eigenvalue weighted by atomic mass is 9.77. The molecule has 1 aliphatic heterocycles. The maximum absolute atomic E-state index is 13.9. The number of amides is 3. The van der Waals surface area contributed by atoms with Crippen molar-refractivity contribution < 1.29 is 14.4 Å². The molecule has 2 aromatic carbocycles. The van der Waals surface area contributed by atoms with E-state index in [0.717, 1.165) is 43.2 Å². The SMILES string of the molecule is CNC(=O)c1cccc(CNC(=O)[C@H]2CCCN2C(=O)C2(c3ccc(Cl)cc3)CCCC2)c1. The van der Waals surface area contributed by atoms with E-state index in [-0.39, 0.29) is 17.7 Å². The number of hydrogen-bond donors (Lipinski definition) is 2. The maximum atomic E-state index is 13.9. The van der Waals surface area contributed by atoms with Crippen LogP contribution < -0.4 is 10.6 Å². The molecule has 33 heavy (non-hydrogen) atoms. The molecule has 1 aliphatic carbocycles. The van der Waals surface area contributed by atoms with Gasteiger partial charge in [0.25, 0.3) is 5.91 Å². The van der Waals surface area contributed by atoms with E-state index in [9.17, 15) is 14.4 Å². The van der Waals surface area contributed by atoms with Gasteiger partial charge in [-0.1, -0.05) is 48.7 Å². The lowest BCUT2D eigenvalue weighted by molar-refractivity contribution is -0.143. The van der Waals surface area contributed by atoms with Crippen LogP contribution in [0.2, 0.25) is 5.02 Å². The summed E-state index contributed by atoms with van der Waals surface area (Å²) < 4.78 is 0. The Bertz CT molecular complexity index is 1030. The molecule has 0 radical (unpaired) electrons. The van der Waals surface area contributed by atoms with Gasteiger partial charge in [0.2, 0.25) is 11.8 Å². The van der Waals surface area contributed by atoms with Crippen molar-refractivity contribution in [1.29, 1.82) is 0 Å². The van der Waals surface area contributed by atoms with Crippen molar-refractivity contribution in [2.24, 2.45) is 0 Å². The fourth-order valence-corrected chi connectivity index (χ4v) is 5.33. The fraction of sp³-hybridized carbons (Fsp3) is 0.423. The van der Waals surface area contributed by atoms with E-state index in [1.165, 1.54) is 0 Å². The summed E-state index contributed by atoms with van der Waals surface area (Å²) in [6.07, 6.45) is 5.07. The van der Waals surface area contributed by atoms with Crippen LogP contribution in [0.4, 0.5) is 0 Å². The molecule has 6 nitrogen and oxygen atoms in total. The molecule has 2 fully saturated rings. The number of hydrogen-bond acceptors (Lipinski definition) is 3. The zero-order valence-corrected chi connectivity index (χ0v) is 19.7. The molecule has 1 atom stereocenters. The Hall–Kier alpha value is -2.86. The Morgan fingerprint density at radius 1 is 1.06 bits per heavy atom. The van der Waals surface area contributed by atoms with Gasteiger partial charge in [0, 0.05) is 30.7 Å². The van der Waals surface area contributed by atoms with Crippen molar-refractivity contribution in [1.82, 2.24) is 15.5 Å². The van der Waals surface area contributed by atoms with Crippen molar-refractivity contribution in [3.05, 3.63) is 70.2 Å². The van der Waals surface area contributed by atoms with Gasteiger partial charge in [-0.3, -0.25) is 14.4 Å². The number of benzene rings is 2. The second kappa shape index (κ2) is 9.96. The van der Waals surface area contributed by atoms with Gasteiger partial charge in [-0.05, 0) is 61.1 Å². The van der Waals surface area contributed by atoms with Crippen LogP contribution in [0.5, 0.6) is 0 Å². The van der Waals surface area contributed by atoms with Crippen LogP contribution in [0.25, 0.3) is 0 Å². The molecule has 0 aromatic heterocycles. The summed E-state index contributed by atoms with van der Waals surface area (Å²) in [4.78, 5) is 40.6. The lowest BCUT2D eigenvalue weighted by Gasteiger charge is -2.35. The molecule has 2 aliphatic rings. The highest BCUT2D eigenvalue weighted by Gasteiger charge is 2.48. The van der Waals surface area contributed by atoms with Crippen molar-refractivity contribution in [3.8, 4) is 0 Å². The van der Waals surface area contributed by atoms with Gasteiger partial charge in [0.05, 0.1) is 5.41 Å². The molecule has 7 heteroatoms. The van der Waals surface area contributed by atoms with Gasteiger partial charge in [-0.25, -0.2) is 0 Å². The van der Waals surface area contributed by atoms with E-state index in [0.29, 0.717) is 30.1 Å². The van der Waals surface area contributed by atoms with Crippen LogP contribution in [-0.4, -0.2) is 42.3 Å². The first-order chi connectivity index (χ1) is 15.9. The Morgan fingerprint density at radius 2 is 1.79 bits per heavy atom. The summed E-state index contributed by atoms with van der Waals surface area (Å²) in [7, 11) is 1.59. The molecule has 0 spiro atoms. The monoisotopic (exact) mass is 467 g/mol. The first kappa shape index (κ1) is 23.3. The van der Waals surface area contributed by atoms with E-state index in [4.69, 9.17) is 11.6 Å². The van der Waals surface area contributed by atoms with Crippen molar-refractivity contribution in [2.75, 3.05) is 13.6 Å². The maximum Gasteiger partial charge on any atom is 0.251 e. The summed E-state index contributed by atoms with van der Waals surface area (Å²) >= 11 is 6.09. The number of rotatable bonds is 6. The topological polar surface area (TPSA) is 78.5 Å². The van der Waals surface area contributed by atoms with Crippen molar-refractivity contribution >= 4 is 29.3 Å². The zero-order chi connectivity index (χ0) is 23.4. The minimum absolute atomic E-state index is 0.0570. The third-order valence-electron chi connectivity index (χ3n) is 6.96. The Labute approximate surface area is 199 Å². The van der Waals surface area contributed by atoms with Crippen molar-refractivity contribution in [3.63, 3.8) is 0 Å². The number of halogens is 1. The number of carbonyl (C=O) groups is 3. The minimum atomic E-state index is -0.574. The molecule has 4 rings (SSSR count). The first-order valence-corrected chi connectivity index (χ1v) is 12.0. The summed E-state index contributed by atoms with van der Waals surface area (Å²) in [5.41, 5.74) is 1.81. The normalized spacial score (nSPS) is 19.3. The predicted molar refractivity (Wildman–Crippen MR) is 128 cm³/mol. The lowest BCUT2D eigenvalue weighted by Crippen LogP contribution is -2.52. The molecule has 1 saturated heterocycles. The van der Waals surface area contributed by atoms with Crippen LogP contribution >= 0.6 is 11.6 Å². The van der Waals surface area contributed by atoms with Crippen molar-refractivity contribution in [2.45, 2.75) is 56.5 Å². The number of nitrogens with zero attached hydrogens (tertiary/aromatic N) is 1. The van der Waals surface area contributed by atoms with Gasteiger partial charge >= 0.3 is 0 Å². The highest BCUT2D eigenvalue weighted by Crippen LogP contribution is 2.44. The highest BCUT2D eigenvalue weighted by molar-refractivity contribution is 6.30. The van der Waals surface area contributed by atoms with Gasteiger partial charge in [0.15, 0.2) is 0 Å². The Balaban J connectivity index is 1.48. The number of nitrogens with one attached hydrogen (secondary N) is 2. The summed E-state index contributed by atoms with van der Waals surface area (Å²) in [6, 6.07) is 14.3. The summed E-state index contributed by atoms with van der Waals surface area (Å²) in [5.74, 6) is -0.253. The first-order valence-electron chi connectivity index (χ1n) is 11.6. The molecule has 1 heterocycles. The van der Waals surface area contributed by atoms with E-state index in [1.807, 2.05) is 30.3 Å². The standard InChI is InChI=1S/C26H30ClN3O3/c1-28-23(31)19-7-4-6-18(16-19)17-29-24(32)22-8-5-15-30(22)25(33)26(13-2-3-14-26)20-9-11-21(27)12-10-20/h4,6-7,9-12,16,22H,2-3,5,8,13-15,17H2,1H3,(H,28,31)(H,29,32)/t22-/m1/s1. The quantitative estimate of drug-likeness (QED) is 0.677. The molecule has 2 aromatic rings. The molecule has 1 saturated carbocycles. The zero-order valence-electron chi connectivity index (χ0n) is 18.9. The second-order valence-electron chi connectivity index (χ2n) is 8.95. The Morgan fingerprint density at radius 3 is 2.48 bits per heavy atom. The third kappa shape index (κ3) is 4.76. The van der Waals surface area contributed by atoms with Gasteiger partial charge in [-0.2, -0.15) is 0 Å². The summed E-state index contributed by atoms with van der Waals surface area (Å²) in [5, 5.41) is 6.23. The molecular formula is C26H30ClN3O3. The summed E-state index contributed by atoms with van der Waals surface area (Å²) in [6.45, 7) is 0.906. The van der Waals surface area contributed by atoms with Gasteiger partial charge in [-0.15, -0.1) is 0 Å². The van der Waals surface area contributed by atoms with Gasteiger partial charge < -0.3 is 15.5 Å². The second-order valence-corrected chi connectivity index (χ2v) is 9.39. The predicted octanol–water partition coefficient (Wildman–Crippen LogP) is 3.82. The van der Waals surface area contributed by atoms with E-state index in [1.54, 1.807) is 30.1 Å². The smallest absolute Gasteiger partial charge is 0.251 e. The molecule has 0 bridgehead atoms. The van der Waals surface area contributed by atoms with E-state index < -0.39 is 11.5 Å². The van der Waals surface area contributed by atoms with E-state index in [2.05, 4.69) is 10.6 Å². The average molecular weight is 468 g/mol. The minimum Gasteiger partial charge on any atom is -0.355 e. The van der Waals surface area contributed by atoms with Crippen LogP contribution in [0.15, 0.2) is 48.5 Å². The number of carbonyl (C=O) groups excluding carboxylic acids is 3. The van der Waals surface area contributed by atoms with Crippen LogP contribution in [0, 0.1) is 0 Å². The molecule has 0 unspecified atom stereocenters. The van der Waals surface area contributed by atoms with Gasteiger partial charge in [0.1, 0.15) is 6.04 Å². The molecule has 3 amide bonds. The highest BCUT2D eigenvalue weighted by atomic mass is 35.5. The van der Waals surface area contributed by atoms with Crippen LogP contribution in [0.3, 0.4) is 0 Å². The molecular weight excluding hydrogens is 438 g/mol. The molecule has 2 N–H and O–H groups in total.